The molecule has 0 fully saturated rings. The molecule has 4 atom stereocenters. The Morgan fingerprint density at radius 3 is 1.98 bits per heavy atom. The zero-order valence-corrected chi connectivity index (χ0v) is 26.2. The monoisotopic (exact) mass is 590 g/mol. The smallest absolute Gasteiger partial charge is 0.309 e. The van der Waals surface area contributed by atoms with E-state index in [-0.39, 0.29) is 81.4 Å². The molecule has 0 aliphatic heterocycles. The third-order valence-electron chi connectivity index (χ3n) is 6.39. The number of rotatable bonds is 25. The molecule has 0 aromatic heterocycles. The first-order chi connectivity index (χ1) is 19.4. The molecule has 0 amide bonds. The SMILES string of the molecule is CC(C)NCC(O)CC(CCCOC(=O)CCCCOC(=O)C(CCCO)CC(CO)NC(C)C)C(=O)OC(C)C. The quantitative estimate of drug-likeness (QED) is 0.0603. The van der Waals surface area contributed by atoms with E-state index in [1.807, 2.05) is 27.7 Å². The van der Waals surface area contributed by atoms with Gasteiger partial charge in [-0.3, -0.25) is 14.4 Å². The van der Waals surface area contributed by atoms with Crippen molar-refractivity contribution >= 4 is 17.9 Å². The summed E-state index contributed by atoms with van der Waals surface area (Å²) in [5.74, 6) is -1.98. The van der Waals surface area contributed by atoms with Gasteiger partial charge in [0.1, 0.15) is 0 Å². The molecule has 0 spiro atoms. The average Bonchev–Trinajstić information content (AvgIpc) is 2.89. The molecule has 11 nitrogen and oxygen atoms in total. The molecule has 0 bridgehead atoms. The van der Waals surface area contributed by atoms with Gasteiger partial charge in [0, 0.05) is 37.7 Å². The van der Waals surface area contributed by atoms with Crippen molar-refractivity contribution in [3.63, 3.8) is 0 Å². The number of nitrogens with one attached hydrogen (secondary N) is 2. The van der Waals surface area contributed by atoms with Gasteiger partial charge >= 0.3 is 17.9 Å². The van der Waals surface area contributed by atoms with Crippen LogP contribution < -0.4 is 10.6 Å². The Balaban J connectivity index is 4.42. The maximum atomic E-state index is 12.6. The number of carbonyl (C=O) groups is 3. The van der Waals surface area contributed by atoms with Crippen LogP contribution in [0, 0.1) is 11.8 Å². The van der Waals surface area contributed by atoms with Gasteiger partial charge in [-0.15, -0.1) is 0 Å². The molecule has 41 heavy (non-hydrogen) atoms. The van der Waals surface area contributed by atoms with Crippen molar-refractivity contribution in [2.24, 2.45) is 11.8 Å². The van der Waals surface area contributed by atoms with E-state index >= 15 is 0 Å². The second kappa shape index (κ2) is 23.7. The van der Waals surface area contributed by atoms with Crippen LogP contribution in [0.2, 0.25) is 0 Å². The van der Waals surface area contributed by atoms with Crippen molar-refractivity contribution in [2.45, 2.75) is 130 Å². The minimum absolute atomic E-state index is 0.0201. The van der Waals surface area contributed by atoms with Gasteiger partial charge in [-0.2, -0.15) is 0 Å². The number of esters is 3. The Morgan fingerprint density at radius 1 is 0.756 bits per heavy atom. The van der Waals surface area contributed by atoms with Gasteiger partial charge in [-0.1, -0.05) is 27.7 Å². The fourth-order valence-corrected chi connectivity index (χ4v) is 4.37. The van der Waals surface area contributed by atoms with E-state index in [0.29, 0.717) is 51.5 Å². The van der Waals surface area contributed by atoms with E-state index in [1.54, 1.807) is 13.8 Å². The molecule has 11 heteroatoms. The van der Waals surface area contributed by atoms with Crippen LogP contribution in [0.25, 0.3) is 0 Å². The first kappa shape index (κ1) is 39.2. The Morgan fingerprint density at radius 2 is 1.39 bits per heavy atom. The van der Waals surface area contributed by atoms with Crippen molar-refractivity contribution in [1.82, 2.24) is 10.6 Å². The molecule has 0 aromatic carbocycles. The van der Waals surface area contributed by atoms with E-state index in [4.69, 9.17) is 19.3 Å². The lowest BCUT2D eigenvalue weighted by Crippen LogP contribution is -2.40. The van der Waals surface area contributed by atoms with Crippen LogP contribution in [-0.4, -0.2) is 96.5 Å². The van der Waals surface area contributed by atoms with Gasteiger partial charge < -0.3 is 40.2 Å². The van der Waals surface area contributed by atoms with Gasteiger partial charge in [-0.25, -0.2) is 0 Å². The molecular weight excluding hydrogens is 532 g/mol. The van der Waals surface area contributed by atoms with Crippen LogP contribution in [0.15, 0.2) is 0 Å². The minimum Gasteiger partial charge on any atom is -0.466 e. The van der Waals surface area contributed by atoms with E-state index in [1.165, 1.54) is 0 Å². The zero-order chi connectivity index (χ0) is 31.2. The maximum absolute atomic E-state index is 12.6. The molecule has 0 aliphatic rings. The Labute approximate surface area is 247 Å². The van der Waals surface area contributed by atoms with Crippen LogP contribution in [-0.2, 0) is 28.6 Å². The van der Waals surface area contributed by atoms with E-state index in [9.17, 15) is 24.6 Å². The van der Waals surface area contributed by atoms with Gasteiger partial charge in [0.25, 0.3) is 0 Å². The number of aliphatic hydroxyl groups excluding tert-OH is 3. The number of carbonyl (C=O) groups excluding carboxylic acids is 3. The Kier molecular flexibility index (Phi) is 22.7. The molecule has 5 N–H and O–H groups in total. The summed E-state index contributed by atoms with van der Waals surface area (Å²) in [7, 11) is 0. The topological polar surface area (TPSA) is 164 Å². The van der Waals surface area contributed by atoms with Crippen LogP contribution in [0.5, 0.6) is 0 Å². The molecule has 0 aromatic rings. The second-order valence-electron chi connectivity index (χ2n) is 11.6. The molecule has 0 rings (SSSR count). The van der Waals surface area contributed by atoms with Crippen LogP contribution in [0.1, 0.15) is 99.3 Å². The van der Waals surface area contributed by atoms with Gasteiger partial charge in [-0.05, 0) is 65.2 Å². The third-order valence-corrected chi connectivity index (χ3v) is 6.39. The molecule has 242 valence electrons. The summed E-state index contributed by atoms with van der Waals surface area (Å²) in [5, 5.41) is 35.5. The summed E-state index contributed by atoms with van der Waals surface area (Å²) in [4.78, 5) is 37.2. The average molecular weight is 591 g/mol. The van der Waals surface area contributed by atoms with Crippen LogP contribution in [0.3, 0.4) is 0 Å². The van der Waals surface area contributed by atoms with E-state index in [0.717, 1.165) is 0 Å². The molecule has 4 unspecified atom stereocenters. The number of hydrogen-bond donors (Lipinski definition) is 5. The fourth-order valence-electron chi connectivity index (χ4n) is 4.37. The van der Waals surface area contributed by atoms with Crippen LogP contribution in [0.4, 0.5) is 0 Å². The fraction of sp³-hybridized carbons (Fsp3) is 0.900. The number of aliphatic hydroxyl groups is 3. The minimum atomic E-state index is -0.684. The number of hydrogen-bond acceptors (Lipinski definition) is 11. The molecule has 0 aliphatic carbocycles. The Bertz CT molecular complexity index is 703. The van der Waals surface area contributed by atoms with E-state index < -0.39 is 17.9 Å². The van der Waals surface area contributed by atoms with Crippen LogP contribution >= 0.6 is 0 Å². The predicted octanol–water partition coefficient (Wildman–Crippen LogP) is 2.48. The molecular formula is C30H58N2O9. The van der Waals surface area contributed by atoms with Gasteiger partial charge in [0.05, 0.1) is 43.9 Å². The first-order valence-corrected chi connectivity index (χ1v) is 15.3. The lowest BCUT2D eigenvalue weighted by Gasteiger charge is -2.24. The summed E-state index contributed by atoms with van der Waals surface area (Å²) in [6.45, 7) is 12.1. The summed E-state index contributed by atoms with van der Waals surface area (Å²) < 4.78 is 16.1. The van der Waals surface area contributed by atoms with Crippen molar-refractivity contribution in [1.29, 1.82) is 0 Å². The highest BCUT2D eigenvalue weighted by atomic mass is 16.5. The number of unbranched alkanes of at least 4 members (excludes halogenated alkanes) is 1. The highest BCUT2D eigenvalue weighted by Gasteiger charge is 2.25. The summed E-state index contributed by atoms with van der Waals surface area (Å²) in [5.41, 5.74) is 0. The lowest BCUT2D eigenvalue weighted by atomic mass is 9.95. The number of ether oxygens (including phenoxy) is 3. The van der Waals surface area contributed by atoms with Crippen molar-refractivity contribution in [3.05, 3.63) is 0 Å². The molecule has 0 radical (unpaired) electrons. The standard InChI is InChI=1S/C30H58N2O9/c1-21(2)31-19-27(35)18-25(30(38)41-23(5)6)12-10-16-39-28(36)13-7-8-15-40-29(37)24(11-9-14-33)17-26(20-34)32-22(3)4/h21-27,31-35H,7-20H2,1-6H3. The highest BCUT2D eigenvalue weighted by molar-refractivity contribution is 5.73. The summed E-state index contributed by atoms with van der Waals surface area (Å²) in [6, 6.07) is 0.154. The second-order valence-corrected chi connectivity index (χ2v) is 11.6. The summed E-state index contributed by atoms with van der Waals surface area (Å²) >= 11 is 0. The van der Waals surface area contributed by atoms with Gasteiger partial charge in [0.15, 0.2) is 0 Å². The van der Waals surface area contributed by atoms with Crippen molar-refractivity contribution in [3.8, 4) is 0 Å². The summed E-state index contributed by atoms with van der Waals surface area (Å²) in [6.07, 6.45) is 2.81. The van der Waals surface area contributed by atoms with Crippen molar-refractivity contribution < 1.29 is 43.9 Å². The van der Waals surface area contributed by atoms with E-state index in [2.05, 4.69) is 10.6 Å². The largest absolute Gasteiger partial charge is 0.466 e. The maximum Gasteiger partial charge on any atom is 0.309 e. The highest BCUT2D eigenvalue weighted by Crippen LogP contribution is 2.18. The Hall–Kier alpha value is -1.79. The predicted molar refractivity (Wildman–Crippen MR) is 157 cm³/mol. The molecule has 0 saturated heterocycles. The first-order valence-electron chi connectivity index (χ1n) is 15.3. The third kappa shape index (κ3) is 21.6. The molecule has 0 saturated carbocycles. The zero-order valence-electron chi connectivity index (χ0n) is 26.2. The normalized spacial score (nSPS) is 14.6. The lowest BCUT2D eigenvalue weighted by molar-refractivity contribution is -0.154. The van der Waals surface area contributed by atoms with Crippen molar-refractivity contribution in [2.75, 3.05) is 33.0 Å². The van der Waals surface area contributed by atoms with Gasteiger partial charge in [0.2, 0.25) is 0 Å². The molecule has 0 heterocycles.